The van der Waals surface area contributed by atoms with Crippen molar-refractivity contribution in [2.75, 3.05) is 0 Å². The summed E-state index contributed by atoms with van der Waals surface area (Å²) >= 11 is 0. The molecule has 76 valence electrons. The number of benzene rings is 1. The van der Waals surface area contributed by atoms with Gasteiger partial charge in [-0.2, -0.15) is 0 Å². The first kappa shape index (κ1) is 9.87. The topological polar surface area (TPSA) is 38.9 Å². The minimum absolute atomic E-state index is 0.591. The lowest BCUT2D eigenvalue weighted by Gasteiger charge is -2.07. The number of nitrogens with two attached hydrogens (primary N) is 1. The Morgan fingerprint density at radius 1 is 1.27 bits per heavy atom. The van der Waals surface area contributed by atoms with Gasteiger partial charge in [-0.15, -0.1) is 0 Å². The van der Waals surface area contributed by atoms with Gasteiger partial charge in [0.25, 0.3) is 0 Å². The van der Waals surface area contributed by atoms with Crippen molar-refractivity contribution in [1.82, 2.24) is 4.98 Å². The summed E-state index contributed by atoms with van der Waals surface area (Å²) in [5, 5.41) is 0. The van der Waals surface area contributed by atoms with Crippen LogP contribution in [-0.4, -0.2) is 4.98 Å². The predicted octanol–water partition coefficient (Wildman–Crippen LogP) is 2.52. The molecule has 0 amide bonds. The predicted molar refractivity (Wildman–Crippen MR) is 62.3 cm³/mol. The highest BCUT2D eigenvalue weighted by Gasteiger charge is 2.01. The van der Waals surface area contributed by atoms with Crippen molar-refractivity contribution in [3.05, 3.63) is 53.9 Å². The molecule has 0 aliphatic carbocycles. The molecule has 15 heavy (non-hydrogen) atoms. The summed E-state index contributed by atoms with van der Waals surface area (Å²) in [7, 11) is 0. The zero-order valence-corrected chi connectivity index (χ0v) is 8.77. The van der Waals surface area contributed by atoms with Gasteiger partial charge >= 0.3 is 0 Å². The van der Waals surface area contributed by atoms with Crippen molar-refractivity contribution in [3.8, 4) is 11.1 Å². The molecule has 0 radical (unpaired) electrons. The molecule has 0 bridgehead atoms. The van der Waals surface area contributed by atoms with E-state index in [9.17, 15) is 0 Å². The van der Waals surface area contributed by atoms with Gasteiger partial charge in [-0.05, 0) is 29.7 Å². The second kappa shape index (κ2) is 4.24. The van der Waals surface area contributed by atoms with E-state index in [4.69, 9.17) is 5.73 Å². The highest BCUT2D eigenvalue weighted by molar-refractivity contribution is 5.66. The van der Waals surface area contributed by atoms with Gasteiger partial charge in [0.1, 0.15) is 0 Å². The Morgan fingerprint density at radius 3 is 2.73 bits per heavy atom. The molecule has 0 aliphatic rings. The highest BCUT2D eigenvalue weighted by Crippen LogP contribution is 2.22. The summed E-state index contributed by atoms with van der Waals surface area (Å²) in [6.45, 7) is 2.69. The summed E-state index contributed by atoms with van der Waals surface area (Å²) in [6, 6.07) is 10.3. The zero-order valence-electron chi connectivity index (χ0n) is 8.77. The number of rotatable bonds is 2. The lowest BCUT2D eigenvalue weighted by atomic mass is 10.00. The van der Waals surface area contributed by atoms with E-state index in [2.05, 4.69) is 36.2 Å². The highest BCUT2D eigenvalue weighted by atomic mass is 14.6. The van der Waals surface area contributed by atoms with Gasteiger partial charge in [-0.25, -0.2) is 0 Å². The van der Waals surface area contributed by atoms with Gasteiger partial charge in [-0.3, -0.25) is 4.98 Å². The van der Waals surface area contributed by atoms with Crippen LogP contribution >= 0.6 is 0 Å². The molecule has 0 fully saturated rings. The number of aromatic nitrogens is 1. The van der Waals surface area contributed by atoms with Crippen molar-refractivity contribution in [1.29, 1.82) is 0 Å². The number of hydrogen-bond donors (Lipinski definition) is 1. The molecule has 0 saturated carbocycles. The van der Waals surface area contributed by atoms with Gasteiger partial charge < -0.3 is 5.73 Å². The lowest BCUT2D eigenvalue weighted by molar-refractivity contribution is 1.07. The van der Waals surface area contributed by atoms with Crippen LogP contribution in [0.3, 0.4) is 0 Å². The van der Waals surface area contributed by atoms with Crippen molar-refractivity contribution in [3.63, 3.8) is 0 Å². The Bertz CT molecular complexity index is 449. The number of hydrogen-bond acceptors (Lipinski definition) is 2. The van der Waals surface area contributed by atoms with E-state index in [-0.39, 0.29) is 0 Å². The van der Waals surface area contributed by atoms with Crippen LogP contribution in [0, 0.1) is 6.92 Å². The lowest BCUT2D eigenvalue weighted by Crippen LogP contribution is -1.97. The molecule has 1 aromatic heterocycles. The molecule has 0 saturated heterocycles. The fourth-order valence-electron chi connectivity index (χ4n) is 1.70. The molecular formula is C13H14N2. The smallest absolute Gasteiger partial charge is 0.0346 e. The normalized spacial score (nSPS) is 10.3. The van der Waals surface area contributed by atoms with Crippen LogP contribution in [-0.2, 0) is 6.54 Å². The molecule has 0 aliphatic heterocycles. The van der Waals surface area contributed by atoms with Crippen LogP contribution in [0.1, 0.15) is 11.1 Å². The molecular weight excluding hydrogens is 184 g/mol. The maximum Gasteiger partial charge on any atom is 0.0346 e. The Morgan fingerprint density at radius 2 is 2.13 bits per heavy atom. The van der Waals surface area contributed by atoms with Crippen LogP contribution in [0.2, 0.25) is 0 Å². The third-order valence-electron chi connectivity index (χ3n) is 2.50. The van der Waals surface area contributed by atoms with Gasteiger partial charge in [0.2, 0.25) is 0 Å². The molecule has 0 unspecified atom stereocenters. The van der Waals surface area contributed by atoms with E-state index in [1.54, 1.807) is 6.20 Å². The molecule has 2 N–H and O–H groups in total. The van der Waals surface area contributed by atoms with Crippen molar-refractivity contribution in [2.24, 2.45) is 5.73 Å². The molecule has 1 aromatic carbocycles. The molecule has 2 aromatic rings. The van der Waals surface area contributed by atoms with E-state index in [0.717, 1.165) is 5.56 Å². The quantitative estimate of drug-likeness (QED) is 0.805. The van der Waals surface area contributed by atoms with E-state index in [0.29, 0.717) is 6.54 Å². The van der Waals surface area contributed by atoms with Crippen molar-refractivity contribution in [2.45, 2.75) is 13.5 Å². The molecule has 2 heteroatoms. The Labute approximate surface area is 89.8 Å². The maximum absolute atomic E-state index is 5.60. The van der Waals surface area contributed by atoms with Crippen molar-refractivity contribution < 1.29 is 0 Å². The average molecular weight is 198 g/mol. The monoisotopic (exact) mass is 198 g/mol. The van der Waals surface area contributed by atoms with Gasteiger partial charge in [0, 0.05) is 24.5 Å². The summed E-state index contributed by atoms with van der Waals surface area (Å²) in [5.74, 6) is 0. The summed E-state index contributed by atoms with van der Waals surface area (Å²) in [5.41, 5.74) is 10.4. The minimum Gasteiger partial charge on any atom is -0.326 e. The van der Waals surface area contributed by atoms with Crippen LogP contribution < -0.4 is 5.73 Å². The minimum atomic E-state index is 0.591. The second-order valence-electron chi connectivity index (χ2n) is 3.60. The van der Waals surface area contributed by atoms with Crippen LogP contribution in [0.4, 0.5) is 0 Å². The van der Waals surface area contributed by atoms with Crippen LogP contribution in [0.5, 0.6) is 0 Å². The fourth-order valence-corrected chi connectivity index (χ4v) is 1.70. The first-order chi connectivity index (χ1) is 7.31. The van der Waals surface area contributed by atoms with Crippen LogP contribution in [0.15, 0.2) is 42.7 Å². The second-order valence-corrected chi connectivity index (χ2v) is 3.60. The van der Waals surface area contributed by atoms with Crippen LogP contribution in [0.25, 0.3) is 11.1 Å². The maximum atomic E-state index is 5.60. The van der Waals surface area contributed by atoms with E-state index in [1.165, 1.54) is 16.7 Å². The SMILES string of the molecule is Cc1cc(CN)ccc1-c1cccnc1. The Kier molecular flexibility index (Phi) is 2.79. The number of nitrogens with zero attached hydrogens (tertiary/aromatic N) is 1. The van der Waals surface area contributed by atoms with E-state index >= 15 is 0 Å². The molecule has 0 spiro atoms. The third kappa shape index (κ3) is 2.05. The molecule has 2 rings (SSSR count). The van der Waals surface area contributed by atoms with E-state index in [1.807, 2.05) is 12.3 Å². The number of pyridine rings is 1. The Hall–Kier alpha value is -1.67. The third-order valence-corrected chi connectivity index (χ3v) is 2.50. The van der Waals surface area contributed by atoms with Gasteiger partial charge in [-0.1, -0.05) is 24.3 Å². The first-order valence-electron chi connectivity index (χ1n) is 5.01. The van der Waals surface area contributed by atoms with Gasteiger partial charge in [0.05, 0.1) is 0 Å². The molecule has 2 nitrogen and oxygen atoms in total. The largest absolute Gasteiger partial charge is 0.326 e. The van der Waals surface area contributed by atoms with Crippen molar-refractivity contribution >= 4 is 0 Å². The number of aryl methyl sites for hydroxylation is 1. The van der Waals surface area contributed by atoms with Gasteiger partial charge in [0.15, 0.2) is 0 Å². The molecule has 1 heterocycles. The summed E-state index contributed by atoms with van der Waals surface area (Å²) in [6.07, 6.45) is 3.66. The summed E-state index contributed by atoms with van der Waals surface area (Å²) in [4.78, 5) is 4.12. The fraction of sp³-hybridized carbons (Fsp3) is 0.154. The average Bonchev–Trinajstić information content (AvgIpc) is 2.30. The molecule has 0 atom stereocenters. The zero-order chi connectivity index (χ0) is 10.7. The Balaban J connectivity index is 2.46. The first-order valence-corrected chi connectivity index (χ1v) is 5.01. The summed E-state index contributed by atoms with van der Waals surface area (Å²) < 4.78 is 0. The standard InChI is InChI=1S/C13H14N2/c1-10-7-11(8-14)4-5-13(10)12-3-2-6-15-9-12/h2-7,9H,8,14H2,1H3. The van der Waals surface area contributed by atoms with E-state index < -0.39 is 0 Å².